The molecule has 3 amide bonds. The topological polar surface area (TPSA) is 118 Å². The summed E-state index contributed by atoms with van der Waals surface area (Å²) in [4.78, 5) is 50.8. The van der Waals surface area contributed by atoms with E-state index >= 15 is 0 Å². The first kappa shape index (κ1) is 46.1. The highest BCUT2D eigenvalue weighted by atomic mass is 16.4. The van der Waals surface area contributed by atoms with Crippen molar-refractivity contribution in [2.45, 2.75) is 238 Å². The van der Waals surface area contributed by atoms with E-state index in [1.807, 2.05) is 0 Å². The van der Waals surface area contributed by atoms with Crippen LogP contribution in [-0.2, 0) is 19.2 Å². The van der Waals surface area contributed by atoms with Crippen LogP contribution in [0.15, 0.2) is 0 Å². The number of nitrogens with two attached hydrogens (primary N) is 1. The molecule has 0 saturated carbocycles. The number of primary amides is 1. The molecule has 0 aromatic heterocycles. The first-order chi connectivity index (χ1) is 23.3. The summed E-state index contributed by atoms with van der Waals surface area (Å²) in [5.74, 6) is -2.77. The summed E-state index contributed by atoms with van der Waals surface area (Å²) in [6, 6.07) is -1.34. The van der Waals surface area contributed by atoms with Crippen molar-refractivity contribution in [1.82, 2.24) is 4.90 Å². The van der Waals surface area contributed by atoms with Crippen LogP contribution in [0.3, 0.4) is 0 Å². The van der Waals surface area contributed by atoms with Crippen molar-refractivity contribution in [2.24, 2.45) is 5.73 Å². The Bertz CT molecular complexity index is 741. The second-order valence-corrected chi connectivity index (χ2v) is 14.4. The molecule has 3 N–H and O–H groups in total. The van der Waals surface area contributed by atoms with Gasteiger partial charge in [-0.1, -0.05) is 194 Å². The molecule has 0 fully saturated rings. The predicted molar refractivity (Wildman–Crippen MR) is 201 cm³/mol. The molecule has 0 heterocycles. The van der Waals surface area contributed by atoms with E-state index in [9.17, 15) is 24.3 Å². The van der Waals surface area contributed by atoms with Crippen LogP contribution in [0, 0.1) is 0 Å². The molecule has 1 atom stereocenters. The maximum atomic E-state index is 13.2. The Morgan fingerprint density at radius 3 is 0.917 bits per heavy atom. The molecule has 0 aliphatic carbocycles. The van der Waals surface area contributed by atoms with Crippen molar-refractivity contribution in [3.8, 4) is 0 Å². The van der Waals surface area contributed by atoms with Gasteiger partial charge in [0.25, 0.3) is 0 Å². The fraction of sp³-hybridized carbons (Fsp3) is 0.902. The Kier molecular flexibility index (Phi) is 33.5. The molecule has 0 saturated heterocycles. The monoisotopic (exact) mass is 679 g/mol. The summed E-state index contributed by atoms with van der Waals surface area (Å²) >= 11 is 0. The fourth-order valence-corrected chi connectivity index (χ4v) is 6.66. The molecule has 0 rings (SSSR count). The number of hydrogen-bond donors (Lipinski definition) is 2. The molecule has 1 unspecified atom stereocenters. The van der Waals surface area contributed by atoms with Gasteiger partial charge in [-0.05, 0) is 19.3 Å². The van der Waals surface area contributed by atoms with Gasteiger partial charge in [0.05, 0.1) is 0 Å². The Morgan fingerprint density at radius 1 is 0.438 bits per heavy atom. The number of hydrogen-bond acceptors (Lipinski definition) is 4. The van der Waals surface area contributed by atoms with Crippen LogP contribution in [-0.4, -0.2) is 39.7 Å². The summed E-state index contributed by atoms with van der Waals surface area (Å²) < 4.78 is 0. The van der Waals surface area contributed by atoms with Crippen molar-refractivity contribution >= 4 is 23.7 Å². The van der Waals surface area contributed by atoms with E-state index in [-0.39, 0.29) is 25.7 Å². The molecule has 7 heteroatoms. The molecule has 0 aromatic rings. The second kappa shape index (κ2) is 34.9. The smallest absolute Gasteiger partial charge is 0.326 e. The van der Waals surface area contributed by atoms with Gasteiger partial charge in [0, 0.05) is 19.3 Å². The van der Waals surface area contributed by atoms with E-state index in [1.54, 1.807) is 0 Å². The van der Waals surface area contributed by atoms with Gasteiger partial charge in [-0.15, -0.1) is 0 Å². The number of carboxylic acid groups (broad SMARTS) is 1. The molecule has 48 heavy (non-hydrogen) atoms. The van der Waals surface area contributed by atoms with Crippen molar-refractivity contribution in [2.75, 3.05) is 0 Å². The summed E-state index contributed by atoms with van der Waals surface area (Å²) in [5, 5.41) is 9.86. The highest BCUT2D eigenvalue weighted by Crippen LogP contribution is 2.19. The molecular formula is C41H78N2O5. The quantitative estimate of drug-likeness (QED) is 0.0634. The zero-order valence-electron chi connectivity index (χ0n) is 31.7. The maximum absolute atomic E-state index is 13.2. The standard InChI is InChI=1S/C41H78N2O5/c1-3-5-7-9-11-13-15-17-19-21-23-25-27-29-31-33-39(45)43(37(41(47)48)35-36-38(42)44)40(46)34-32-30-28-26-24-22-20-18-16-14-12-10-8-6-4-2/h37H,3-36H2,1-2H3,(H2,42,44)(H,47,48). The van der Waals surface area contributed by atoms with Crippen LogP contribution < -0.4 is 5.73 Å². The third kappa shape index (κ3) is 29.0. The average molecular weight is 679 g/mol. The van der Waals surface area contributed by atoms with Gasteiger partial charge in [0.15, 0.2) is 0 Å². The third-order valence-corrected chi connectivity index (χ3v) is 9.79. The Morgan fingerprint density at radius 2 is 0.688 bits per heavy atom. The third-order valence-electron chi connectivity index (χ3n) is 9.79. The van der Waals surface area contributed by atoms with Crippen LogP contribution >= 0.6 is 0 Å². The highest BCUT2D eigenvalue weighted by Gasteiger charge is 2.34. The molecule has 7 nitrogen and oxygen atoms in total. The Labute approximate surface area is 296 Å². The molecule has 0 bridgehead atoms. The summed E-state index contributed by atoms with van der Waals surface area (Å²) in [7, 11) is 0. The average Bonchev–Trinajstić information content (AvgIpc) is 3.06. The zero-order valence-corrected chi connectivity index (χ0v) is 31.7. The number of rotatable bonds is 37. The lowest BCUT2D eigenvalue weighted by molar-refractivity contribution is -0.158. The molecule has 0 radical (unpaired) electrons. The van der Waals surface area contributed by atoms with Gasteiger partial charge < -0.3 is 10.8 Å². The number of nitrogens with zero attached hydrogens (tertiary/aromatic N) is 1. The number of imide groups is 1. The molecule has 0 aliphatic heterocycles. The summed E-state index contributed by atoms with van der Waals surface area (Å²) in [6.07, 6.45) is 36.7. The van der Waals surface area contributed by atoms with Gasteiger partial charge in [-0.25, -0.2) is 4.79 Å². The van der Waals surface area contributed by atoms with Gasteiger partial charge in [-0.2, -0.15) is 0 Å². The number of unbranched alkanes of at least 4 members (excludes halogenated alkanes) is 28. The van der Waals surface area contributed by atoms with Crippen molar-refractivity contribution in [3.05, 3.63) is 0 Å². The van der Waals surface area contributed by atoms with Crippen LogP contribution in [0.5, 0.6) is 0 Å². The van der Waals surface area contributed by atoms with E-state index < -0.39 is 29.7 Å². The predicted octanol–water partition coefficient (Wildman–Crippen LogP) is 11.6. The molecule has 282 valence electrons. The lowest BCUT2D eigenvalue weighted by Crippen LogP contribution is -2.49. The molecule has 0 spiro atoms. The largest absolute Gasteiger partial charge is 0.480 e. The van der Waals surface area contributed by atoms with Crippen molar-refractivity contribution < 1.29 is 24.3 Å². The van der Waals surface area contributed by atoms with Gasteiger partial charge in [-0.3, -0.25) is 19.3 Å². The normalized spacial score (nSPS) is 11.9. The Hall–Kier alpha value is -1.92. The van der Waals surface area contributed by atoms with E-state index in [0.29, 0.717) is 12.8 Å². The SMILES string of the molecule is CCCCCCCCCCCCCCCCCC(=O)N(C(=O)CCCCCCCCCCCCCCCCC)C(CCC(N)=O)C(=O)O. The fourth-order valence-electron chi connectivity index (χ4n) is 6.66. The van der Waals surface area contributed by atoms with Crippen molar-refractivity contribution in [3.63, 3.8) is 0 Å². The lowest BCUT2D eigenvalue weighted by Gasteiger charge is -2.27. The molecular weight excluding hydrogens is 600 g/mol. The first-order valence-corrected chi connectivity index (χ1v) is 20.7. The number of aliphatic carboxylic acids is 1. The highest BCUT2D eigenvalue weighted by molar-refractivity contribution is 5.99. The van der Waals surface area contributed by atoms with Gasteiger partial charge in [0.2, 0.25) is 17.7 Å². The molecule has 0 aromatic carbocycles. The summed E-state index contributed by atoms with van der Waals surface area (Å²) in [6.45, 7) is 4.51. The van der Waals surface area contributed by atoms with E-state index in [4.69, 9.17) is 5.73 Å². The van der Waals surface area contributed by atoms with Gasteiger partial charge in [0.1, 0.15) is 6.04 Å². The summed E-state index contributed by atoms with van der Waals surface area (Å²) in [5.41, 5.74) is 5.27. The van der Waals surface area contributed by atoms with E-state index in [0.717, 1.165) is 43.4 Å². The number of amides is 3. The van der Waals surface area contributed by atoms with E-state index in [2.05, 4.69) is 13.8 Å². The molecule has 0 aliphatic rings. The minimum absolute atomic E-state index is 0.139. The minimum atomic E-state index is -1.34. The lowest BCUT2D eigenvalue weighted by atomic mass is 10.0. The van der Waals surface area contributed by atoms with Crippen LogP contribution in [0.1, 0.15) is 232 Å². The first-order valence-electron chi connectivity index (χ1n) is 20.7. The Balaban J connectivity index is 4.30. The maximum Gasteiger partial charge on any atom is 0.326 e. The van der Waals surface area contributed by atoms with Crippen molar-refractivity contribution in [1.29, 1.82) is 0 Å². The second-order valence-electron chi connectivity index (χ2n) is 14.4. The van der Waals surface area contributed by atoms with Crippen LogP contribution in [0.2, 0.25) is 0 Å². The van der Waals surface area contributed by atoms with Crippen LogP contribution in [0.4, 0.5) is 0 Å². The zero-order chi connectivity index (χ0) is 35.5. The number of carbonyl (C=O) groups excluding carboxylic acids is 3. The van der Waals surface area contributed by atoms with E-state index in [1.165, 1.54) is 141 Å². The number of carboxylic acids is 1. The van der Waals surface area contributed by atoms with Gasteiger partial charge >= 0.3 is 5.97 Å². The van der Waals surface area contributed by atoms with Crippen LogP contribution in [0.25, 0.3) is 0 Å². The minimum Gasteiger partial charge on any atom is -0.480 e. The number of carbonyl (C=O) groups is 4.